The number of aryl methyl sites for hydroxylation is 2. The summed E-state index contributed by atoms with van der Waals surface area (Å²) in [6.45, 7) is 7.51. The molecule has 0 saturated heterocycles. The van der Waals surface area contributed by atoms with E-state index in [9.17, 15) is 0 Å². The van der Waals surface area contributed by atoms with Crippen LogP contribution in [0.25, 0.3) is 0 Å². The van der Waals surface area contributed by atoms with Gasteiger partial charge in [0.2, 0.25) is 0 Å². The number of rotatable bonds is 5. The summed E-state index contributed by atoms with van der Waals surface area (Å²) < 4.78 is 0.849. The summed E-state index contributed by atoms with van der Waals surface area (Å²) in [5.41, 5.74) is 3.99. The molecule has 0 aliphatic heterocycles. The van der Waals surface area contributed by atoms with Crippen LogP contribution in [0.2, 0.25) is 4.34 Å². The molecule has 102 valence electrons. The first-order chi connectivity index (χ1) is 9.11. The van der Waals surface area contributed by atoms with Crippen molar-refractivity contribution < 1.29 is 0 Å². The summed E-state index contributed by atoms with van der Waals surface area (Å²) in [7, 11) is 0. The van der Waals surface area contributed by atoms with Crippen molar-refractivity contribution in [2.75, 3.05) is 6.54 Å². The number of benzene rings is 1. The lowest BCUT2D eigenvalue weighted by Crippen LogP contribution is -2.22. The summed E-state index contributed by atoms with van der Waals surface area (Å²) >= 11 is 7.73. The maximum Gasteiger partial charge on any atom is 0.0931 e. The number of hydrogen-bond donors (Lipinski definition) is 1. The minimum Gasteiger partial charge on any atom is -0.306 e. The second-order valence-electron chi connectivity index (χ2n) is 4.87. The molecule has 0 saturated carbocycles. The Morgan fingerprint density at radius 2 is 1.95 bits per heavy atom. The third-order valence-electron chi connectivity index (χ3n) is 3.34. The number of nitrogens with one attached hydrogen (secondary N) is 1. The van der Waals surface area contributed by atoms with Gasteiger partial charge >= 0.3 is 0 Å². The van der Waals surface area contributed by atoms with Gasteiger partial charge in [-0.1, -0.05) is 36.7 Å². The first-order valence-corrected chi connectivity index (χ1v) is 7.87. The minimum atomic E-state index is 0.247. The third kappa shape index (κ3) is 3.59. The van der Waals surface area contributed by atoms with Crippen LogP contribution in [0.5, 0.6) is 0 Å². The van der Waals surface area contributed by atoms with E-state index in [0.29, 0.717) is 0 Å². The molecule has 0 fully saturated rings. The second-order valence-corrected chi connectivity index (χ2v) is 6.62. The van der Waals surface area contributed by atoms with Crippen molar-refractivity contribution in [2.24, 2.45) is 0 Å². The summed E-state index contributed by atoms with van der Waals surface area (Å²) in [6, 6.07) is 11.0. The number of halogens is 1. The lowest BCUT2D eigenvalue weighted by atomic mass is 10.00. The van der Waals surface area contributed by atoms with E-state index in [2.05, 4.69) is 50.4 Å². The molecule has 1 unspecified atom stereocenters. The zero-order valence-corrected chi connectivity index (χ0v) is 13.2. The minimum absolute atomic E-state index is 0.247. The van der Waals surface area contributed by atoms with Crippen LogP contribution < -0.4 is 5.32 Å². The van der Waals surface area contributed by atoms with E-state index < -0.39 is 0 Å². The normalized spacial score (nSPS) is 12.6. The van der Waals surface area contributed by atoms with E-state index >= 15 is 0 Å². The highest BCUT2D eigenvalue weighted by Gasteiger charge is 2.15. The molecule has 0 amide bonds. The van der Waals surface area contributed by atoms with Gasteiger partial charge in [-0.25, -0.2) is 0 Å². The largest absolute Gasteiger partial charge is 0.306 e. The fraction of sp³-hybridized carbons (Fsp3) is 0.375. The molecule has 1 nitrogen and oxygen atoms in total. The second kappa shape index (κ2) is 6.56. The van der Waals surface area contributed by atoms with Gasteiger partial charge in [0.05, 0.1) is 10.4 Å². The first-order valence-electron chi connectivity index (χ1n) is 6.67. The van der Waals surface area contributed by atoms with E-state index in [4.69, 9.17) is 11.6 Å². The van der Waals surface area contributed by atoms with Crippen molar-refractivity contribution in [3.05, 3.63) is 56.2 Å². The van der Waals surface area contributed by atoms with E-state index in [1.807, 2.05) is 6.07 Å². The zero-order chi connectivity index (χ0) is 13.8. The lowest BCUT2D eigenvalue weighted by molar-refractivity contribution is 0.605. The van der Waals surface area contributed by atoms with Crippen LogP contribution in [0.4, 0.5) is 0 Å². The van der Waals surface area contributed by atoms with Crippen molar-refractivity contribution in [1.29, 1.82) is 0 Å². The molecule has 3 heteroatoms. The Morgan fingerprint density at radius 1 is 1.16 bits per heavy atom. The average molecular weight is 294 g/mol. The first kappa shape index (κ1) is 14.6. The Bertz CT molecular complexity index is 547. The average Bonchev–Trinajstić information content (AvgIpc) is 2.80. The molecule has 1 aromatic carbocycles. The molecule has 0 bridgehead atoms. The summed E-state index contributed by atoms with van der Waals surface area (Å²) in [5.74, 6) is 0. The van der Waals surface area contributed by atoms with Gasteiger partial charge in [-0.3, -0.25) is 0 Å². The fourth-order valence-electron chi connectivity index (χ4n) is 2.10. The molecule has 1 heterocycles. The van der Waals surface area contributed by atoms with Crippen LogP contribution in [0.1, 0.15) is 41.0 Å². The Balaban J connectivity index is 2.33. The Labute approximate surface area is 124 Å². The van der Waals surface area contributed by atoms with Gasteiger partial charge in [-0.05, 0) is 55.6 Å². The van der Waals surface area contributed by atoms with E-state index in [1.165, 1.54) is 21.6 Å². The molecule has 1 N–H and O–H groups in total. The van der Waals surface area contributed by atoms with Crippen LogP contribution in [0.15, 0.2) is 30.3 Å². The molecule has 0 radical (unpaired) electrons. The molecular formula is C16H20ClNS. The summed E-state index contributed by atoms with van der Waals surface area (Å²) in [6.07, 6.45) is 1.13. The molecule has 0 spiro atoms. The van der Waals surface area contributed by atoms with Gasteiger partial charge in [0.15, 0.2) is 0 Å². The smallest absolute Gasteiger partial charge is 0.0931 e. The van der Waals surface area contributed by atoms with Gasteiger partial charge in [0, 0.05) is 4.88 Å². The monoisotopic (exact) mass is 293 g/mol. The number of thiophene rings is 1. The number of hydrogen-bond acceptors (Lipinski definition) is 2. The highest BCUT2D eigenvalue weighted by atomic mass is 35.5. The van der Waals surface area contributed by atoms with Gasteiger partial charge in [-0.2, -0.15) is 0 Å². The molecule has 19 heavy (non-hydrogen) atoms. The molecule has 0 aliphatic carbocycles. The van der Waals surface area contributed by atoms with Crippen molar-refractivity contribution in [1.82, 2.24) is 5.32 Å². The molecule has 0 aliphatic rings. The van der Waals surface area contributed by atoms with Crippen LogP contribution in [-0.2, 0) is 0 Å². The van der Waals surface area contributed by atoms with Crippen LogP contribution in [-0.4, -0.2) is 6.54 Å². The van der Waals surface area contributed by atoms with Crippen molar-refractivity contribution in [3.63, 3.8) is 0 Å². The molecule has 2 aromatic rings. The summed E-state index contributed by atoms with van der Waals surface area (Å²) in [5, 5.41) is 3.61. The van der Waals surface area contributed by atoms with Crippen LogP contribution in [0.3, 0.4) is 0 Å². The van der Waals surface area contributed by atoms with Gasteiger partial charge in [0.25, 0.3) is 0 Å². The predicted molar refractivity (Wildman–Crippen MR) is 85.4 cm³/mol. The molecular weight excluding hydrogens is 274 g/mol. The van der Waals surface area contributed by atoms with E-state index in [1.54, 1.807) is 11.3 Å². The molecule has 2 rings (SSSR count). The van der Waals surface area contributed by atoms with Crippen LogP contribution in [0, 0.1) is 13.8 Å². The predicted octanol–water partition coefficient (Wildman–Crippen LogP) is 5.11. The Kier molecular flexibility index (Phi) is 5.03. The van der Waals surface area contributed by atoms with Crippen LogP contribution >= 0.6 is 22.9 Å². The van der Waals surface area contributed by atoms with Crippen molar-refractivity contribution in [2.45, 2.75) is 33.2 Å². The molecule has 1 aromatic heterocycles. The highest BCUT2D eigenvalue weighted by molar-refractivity contribution is 7.16. The highest BCUT2D eigenvalue weighted by Crippen LogP contribution is 2.31. The summed E-state index contributed by atoms with van der Waals surface area (Å²) in [4.78, 5) is 1.28. The molecule has 1 atom stereocenters. The zero-order valence-electron chi connectivity index (χ0n) is 11.7. The fourth-order valence-corrected chi connectivity index (χ4v) is 3.26. The van der Waals surface area contributed by atoms with Gasteiger partial charge in [-0.15, -0.1) is 11.3 Å². The standard InChI is InChI=1S/C16H20ClNS/c1-4-9-18-16(14-7-8-15(17)19-14)13-6-5-11(2)12(3)10-13/h5-8,10,16,18H,4,9H2,1-3H3. The van der Waals surface area contributed by atoms with Gasteiger partial charge in [0.1, 0.15) is 0 Å². The van der Waals surface area contributed by atoms with E-state index in [0.717, 1.165) is 17.3 Å². The maximum absolute atomic E-state index is 6.07. The topological polar surface area (TPSA) is 12.0 Å². The SMILES string of the molecule is CCCNC(c1ccc(C)c(C)c1)c1ccc(Cl)s1. The maximum atomic E-state index is 6.07. The van der Waals surface area contributed by atoms with E-state index in [-0.39, 0.29) is 6.04 Å². The Morgan fingerprint density at radius 3 is 2.53 bits per heavy atom. The third-order valence-corrected chi connectivity index (χ3v) is 4.64. The quantitative estimate of drug-likeness (QED) is 0.808. The van der Waals surface area contributed by atoms with Crippen molar-refractivity contribution in [3.8, 4) is 0 Å². The Hall–Kier alpha value is -0.830. The van der Waals surface area contributed by atoms with Crippen molar-refractivity contribution >= 4 is 22.9 Å². The lowest BCUT2D eigenvalue weighted by Gasteiger charge is -2.18. The van der Waals surface area contributed by atoms with Gasteiger partial charge < -0.3 is 5.32 Å².